The van der Waals surface area contributed by atoms with Gasteiger partial charge in [-0.25, -0.2) is 0 Å². The second-order valence-electron chi connectivity index (χ2n) is 8.95. The number of carbonyl (C=O) groups excluding carboxylic acids is 1. The van der Waals surface area contributed by atoms with Crippen molar-refractivity contribution in [2.24, 2.45) is 4.99 Å². The van der Waals surface area contributed by atoms with Crippen LogP contribution in [-0.2, 0) is 21.1 Å². The molecular formula is C31H41F3N3OPW. The first-order valence-corrected chi connectivity index (χ1v) is 14.4. The number of rotatable bonds is 8. The number of hydrogen-bond donors (Lipinski definition) is 2. The summed E-state index contributed by atoms with van der Waals surface area (Å²) in [5.74, 6) is 0.102. The van der Waals surface area contributed by atoms with Crippen LogP contribution >= 0.6 is 8.58 Å². The third-order valence-electron chi connectivity index (χ3n) is 5.27. The molecular weight excluding hydrogens is 702 g/mol. The van der Waals surface area contributed by atoms with Gasteiger partial charge >= 0.3 is 21.1 Å². The summed E-state index contributed by atoms with van der Waals surface area (Å²) < 4.78 is 28.8. The van der Waals surface area contributed by atoms with Crippen LogP contribution in [0.5, 0.6) is 0 Å². The van der Waals surface area contributed by atoms with Crippen molar-refractivity contribution < 1.29 is 39.0 Å². The second-order valence-corrected chi connectivity index (χ2v) is 10.4. The van der Waals surface area contributed by atoms with E-state index in [9.17, 15) is 18.0 Å². The smallest absolute Gasteiger partial charge is 0.385 e. The average molecular weight is 743 g/mol. The number of unbranched alkanes of at least 4 members (excludes halogenated alkanes) is 1. The zero-order valence-corrected chi connectivity index (χ0v) is 28.1. The standard InChI is InChI=1S/C27H33N3OP.C3H8.CF3.W/c1-5-7-15-25-24(10-6-2)28-18-26(32-25)29-20(4)21-12-9-14-23(17-21)30-27(31)22-13-8-11-19(3)16-22;1-3-2;2-1(3)4;/h8-10,12-18,20,26,29,32H,5-7H2,1-4H3,(H,30,31);3H2,1-2H3;;/q-1;;-1;+2/b24-10+,25-15-;;;. The van der Waals surface area contributed by atoms with Crippen LogP contribution in [-0.4, -0.2) is 17.9 Å². The summed E-state index contributed by atoms with van der Waals surface area (Å²) in [6.07, 6.45) is 11.1. The van der Waals surface area contributed by atoms with Gasteiger partial charge in [0.05, 0.1) is 11.5 Å². The van der Waals surface area contributed by atoms with Gasteiger partial charge in [-0.2, -0.15) is 29.8 Å². The van der Waals surface area contributed by atoms with Crippen LogP contribution in [0.15, 0.2) is 70.6 Å². The van der Waals surface area contributed by atoms with E-state index < -0.39 is 6.68 Å². The Morgan fingerprint density at radius 2 is 1.82 bits per heavy atom. The van der Waals surface area contributed by atoms with Crippen LogP contribution in [0.4, 0.5) is 18.9 Å². The molecule has 0 fully saturated rings. The number of hydrogen-bond acceptors (Lipinski definition) is 3. The van der Waals surface area contributed by atoms with Crippen LogP contribution in [0.1, 0.15) is 87.8 Å². The molecule has 0 aromatic heterocycles. The molecule has 40 heavy (non-hydrogen) atoms. The first kappa shape index (κ1) is 37.9. The average Bonchev–Trinajstić information content (AvgIpc) is 2.89. The van der Waals surface area contributed by atoms with Gasteiger partial charge in [-0.3, -0.25) is 15.1 Å². The van der Waals surface area contributed by atoms with Crippen molar-refractivity contribution in [3.63, 3.8) is 0 Å². The Morgan fingerprint density at radius 1 is 1.15 bits per heavy atom. The van der Waals surface area contributed by atoms with Crippen LogP contribution in [0.2, 0.25) is 0 Å². The fraction of sp³-hybridized carbons (Fsp3) is 0.387. The number of allylic oxidation sites excluding steroid dienone is 3. The minimum atomic E-state index is -3.08. The molecule has 0 saturated heterocycles. The summed E-state index contributed by atoms with van der Waals surface area (Å²) >= 11 is 0. The summed E-state index contributed by atoms with van der Waals surface area (Å²) in [6.45, 7) is 9.61. The van der Waals surface area contributed by atoms with Gasteiger partial charge < -0.3 is 18.5 Å². The van der Waals surface area contributed by atoms with E-state index in [1.165, 1.54) is 11.7 Å². The number of nitrogens with zero attached hydrogens (tertiary/aromatic N) is 1. The summed E-state index contributed by atoms with van der Waals surface area (Å²) in [5, 5.41) is 8.07. The van der Waals surface area contributed by atoms with Gasteiger partial charge in [0.2, 0.25) is 5.91 Å². The minimum absolute atomic E-state index is 0. The number of nitrogens with one attached hydrogen (secondary N) is 2. The maximum atomic E-state index is 12.6. The van der Waals surface area contributed by atoms with Crippen molar-refractivity contribution in [3.05, 3.63) is 95.1 Å². The Kier molecular flexibility index (Phi) is 20.5. The molecule has 0 saturated carbocycles. The molecule has 9 heteroatoms. The van der Waals surface area contributed by atoms with E-state index in [0.29, 0.717) is 14.1 Å². The zero-order valence-electron chi connectivity index (χ0n) is 24.2. The number of halogens is 3. The van der Waals surface area contributed by atoms with Crippen LogP contribution in [0.3, 0.4) is 0 Å². The monoisotopic (exact) mass is 743 g/mol. The molecule has 4 nitrogen and oxygen atoms in total. The van der Waals surface area contributed by atoms with Gasteiger partial charge in [0, 0.05) is 17.9 Å². The molecule has 1 heterocycles. The van der Waals surface area contributed by atoms with E-state index in [1.54, 1.807) is 12.1 Å². The Bertz CT molecular complexity index is 1110. The predicted molar refractivity (Wildman–Crippen MR) is 160 cm³/mol. The van der Waals surface area contributed by atoms with E-state index >= 15 is 0 Å². The Hall–Kier alpha value is -2.07. The molecule has 0 aliphatic carbocycles. The molecule has 3 unspecified atom stereocenters. The topological polar surface area (TPSA) is 53.5 Å². The molecule has 0 spiro atoms. The van der Waals surface area contributed by atoms with E-state index in [2.05, 4.69) is 69.5 Å². The predicted octanol–water partition coefficient (Wildman–Crippen LogP) is 9.52. The summed E-state index contributed by atoms with van der Waals surface area (Å²) in [7, 11) is 0.655. The van der Waals surface area contributed by atoms with Crippen molar-refractivity contribution in [3.8, 4) is 0 Å². The molecule has 218 valence electrons. The largest absolute Gasteiger partial charge is 2.00 e. The number of aliphatic imine (C=N–C) groups is 1. The SMILES string of the molecule is CC/C=C1/N=CC(NC(C)c2cccc(NC(=O)c3cc[c-]c(C)c3)c2)P/C1=C\CCC.CCC.F[C-](F)F.[W+2]. The number of carbonyl (C=O) groups is 1. The second kappa shape index (κ2) is 21.6. The van der Waals surface area contributed by atoms with Gasteiger partial charge in [-0.15, -0.1) is 0 Å². The van der Waals surface area contributed by atoms with E-state index in [-0.39, 0.29) is 38.8 Å². The summed E-state index contributed by atoms with van der Waals surface area (Å²) in [5.41, 5.74) is 4.64. The molecule has 1 aliphatic heterocycles. The summed E-state index contributed by atoms with van der Waals surface area (Å²) in [6, 6.07) is 16.7. The van der Waals surface area contributed by atoms with Gasteiger partial charge in [-0.05, 0) is 42.8 Å². The van der Waals surface area contributed by atoms with Crippen LogP contribution in [0, 0.1) is 19.7 Å². The number of aryl methyl sites for hydroxylation is 1. The maximum absolute atomic E-state index is 12.6. The first-order chi connectivity index (χ1) is 18.6. The third kappa shape index (κ3) is 15.1. The maximum Gasteiger partial charge on any atom is 2.00 e. The Morgan fingerprint density at radius 3 is 2.42 bits per heavy atom. The number of amides is 1. The zero-order chi connectivity index (χ0) is 29.2. The van der Waals surface area contributed by atoms with Crippen molar-refractivity contribution in [1.29, 1.82) is 0 Å². The van der Waals surface area contributed by atoms with Crippen molar-refractivity contribution in [2.75, 3.05) is 5.32 Å². The Balaban J connectivity index is 0.00000171. The quantitative estimate of drug-likeness (QED) is 0.209. The van der Waals surface area contributed by atoms with Crippen molar-refractivity contribution in [1.82, 2.24) is 5.32 Å². The fourth-order valence-electron chi connectivity index (χ4n) is 3.58. The normalized spacial score (nSPS) is 17.4. The molecule has 3 rings (SSSR count). The molecule has 2 aromatic rings. The molecule has 2 aromatic carbocycles. The van der Waals surface area contributed by atoms with Crippen molar-refractivity contribution >= 4 is 26.4 Å². The van der Waals surface area contributed by atoms with Crippen LogP contribution in [0.25, 0.3) is 0 Å². The molecule has 3 atom stereocenters. The van der Waals surface area contributed by atoms with Crippen LogP contribution < -0.4 is 10.6 Å². The molecule has 2 N–H and O–H groups in total. The van der Waals surface area contributed by atoms with Gasteiger partial charge in [0.25, 0.3) is 0 Å². The number of benzene rings is 2. The molecule has 0 bridgehead atoms. The van der Waals surface area contributed by atoms with E-state index in [4.69, 9.17) is 4.99 Å². The van der Waals surface area contributed by atoms with Gasteiger partial charge in [0.15, 0.2) is 6.68 Å². The van der Waals surface area contributed by atoms with Gasteiger partial charge in [-0.1, -0.05) is 85.9 Å². The molecule has 1 amide bonds. The number of anilines is 1. The Labute approximate surface area is 254 Å². The van der Waals surface area contributed by atoms with E-state index in [1.807, 2.05) is 37.4 Å². The summed E-state index contributed by atoms with van der Waals surface area (Å²) in [4.78, 5) is 17.3. The van der Waals surface area contributed by atoms with Crippen molar-refractivity contribution in [2.45, 2.75) is 79.1 Å². The van der Waals surface area contributed by atoms with Gasteiger partial charge in [0.1, 0.15) is 0 Å². The first-order valence-electron chi connectivity index (χ1n) is 13.3. The van der Waals surface area contributed by atoms with E-state index in [0.717, 1.165) is 41.8 Å². The molecule has 1 aliphatic rings. The molecule has 0 radical (unpaired) electrons. The minimum Gasteiger partial charge on any atom is -0.385 e. The third-order valence-corrected chi connectivity index (χ3v) is 6.66. The fourth-order valence-corrected chi connectivity index (χ4v) is 4.97.